The third-order valence-electron chi connectivity index (χ3n) is 4.26. The Morgan fingerprint density at radius 1 is 1.25 bits per heavy atom. The molecule has 1 amide bonds. The van der Waals surface area contributed by atoms with Crippen molar-refractivity contribution in [3.63, 3.8) is 0 Å². The zero-order chi connectivity index (χ0) is 20.5. The topological polar surface area (TPSA) is 89.5 Å². The van der Waals surface area contributed by atoms with Gasteiger partial charge < -0.3 is 20.1 Å². The molecule has 0 unspecified atom stereocenters. The first-order valence-corrected chi connectivity index (χ1v) is 10.1. The van der Waals surface area contributed by atoms with E-state index in [1.54, 1.807) is 0 Å². The Morgan fingerprint density at radius 2 is 1.96 bits per heavy atom. The van der Waals surface area contributed by atoms with Crippen LogP contribution in [0.2, 0.25) is 0 Å². The number of amides is 1. The van der Waals surface area contributed by atoms with Crippen molar-refractivity contribution < 1.29 is 15.0 Å². The van der Waals surface area contributed by atoms with Crippen molar-refractivity contribution in [2.45, 2.75) is 32.9 Å². The fourth-order valence-corrected chi connectivity index (χ4v) is 3.21. The average Bonchev–Trinajstić information content (AvgIpc) is 3.18. The van der Waals surface area contributed by atoms with E-state index in [0.29, 0.717) is 5.82 Å². The number of imidazole rings is 1. The van der Waals surface area contributed by atoms with E-state index in [-0.39, 0.29) is 6.61 Å². The maximum atomic E-state index is 10.5. The van der Waals surface area contributed by atoms with Gasteiger partial charge in [-0.1, -0.05) is 54.0 Å². The van der Waals surface area contributed by atoms with Crippen LogP contribution >= 0.6 is 15.9 Å². The maximum Gasteiger partial charge on any atom is 0.210 e. The lowest BCUT2D eigenvalue weighted by molar-refractivity contribution is -0.118. The Labute approximate surface area is 173 Å². The predicted octanol–water partition coefficient (Wildman–Crippen LogP) is 3.58. The molecule has 7 heteroatoms. The minimum absolute atomic E-state index is 0.332. The van der Waals surface area contributed by atoms with Crippen LogP contribution in [0.5, 0.6) is 0 Å². The van der Waals surface area contributed by atoms with Crippen molar-refractivity contribution in [1.82, 2.24) is 14.9 Å². The Morgan fingerprint density at radius 3 is 2.64 bits per heavy atom. The molecular formula is C21H26BrN3O3. The van der Waals surface area contributed by atoms with Gasteiger partial charge in [0.15, 0.2) is 0 Å². The Bertz CT molecular complexity index is 897. The largest absolute Gasteiger partial charge is 0.393 e. The molecule has 3 N–H and O–H groups in total. The fraction of sp³-hybridized carbons (Fsp3) is 0.333. The summed E-state index contributed by atoms with van der Waals surface area (Å²) in [5.74, 6) is 0.389. The summed E-state index contributed by atoms with van der Waals surface area (Å²) in [4.78, 5) is 19.4. The van der Waals surface area contributed by atoms with Gasteiger partial charge in [-0.05, 0) is 35.7 Å². The second-order valence-corrected chi connectivity index (χ2v) is 6.99. The monoisotopic (exact) mass is 447 g/mol. The Balaban J connectivity index is 0.000000186. The van der Waals surface area contributed by atoms with Crippen molar-refractivity contribution in [3.05, 3.63) is 63.9 Å². The molecule has 4 rings (SSSR count). The predicted molar refractivity (Wildman–Crippen MR) is 114 cm³/mol. The third kappa shape index (κ3) is 5.64. The minimum atomic E-state index is -0.943. The van der Waals surface area contributed by atoms with Gasteiger partial charge in [-0.15, -0.1) is 0 Å². The van der Waals surface area contributed by atoms with Gasteiger partial charge in [0, 0.05) is 17.6 Å². The van der Waals surface area contributed by atoms with Crippen molar-refractivity contribution in [2.75, 3.05) is 13.2 Å². The second-order valence-electron chi connectivity index (χ2n) is 6.08. The van der Waals surface area contributed by atoms with Crippen molar-refractivity contribution in [2.24, 2.45) is 0 Å². The van der Waals surface area contributed by atoms with Gasteiger partial charge in [0.05, 0.1) is 17.6 Å². The lowest BCUT2D eigenvalue weighted by Gasteiger charge is -2.24. The molecule has 0 spiro atoms. The van der Waals surface area contributed by atoms with E-state index in [0.717, 1.165) is 41.4 Å². The molecule has 2 heterocycles. The van der Waals surface area contributed by atoms with Gasteiger partial charge in [-0.2, -0.15) is 0 Å². The number of benzene rings is 2. The highest BCUT2D eigenvalue weighted by molar-refractivity contribution is 9.10. The van der Waals surface area contributed by atoms with E-state index in [4.69, 9.17) is 5.11 Å². The van der Waals surface area contributed by atoms with E-state index in [9.17, 15) is 9.90 Å². The number of aromatic nitrogens is 2. The summed E-state index contributed by atoms with van der Waals surface area (Å²) in [5.41, 5.74) is 4.28. The molecule has 0 aliphatic carbocycles. The average molecular weight is 448 g/mol. The van der Waals surface area contributed by atoms with Crippen LogP contribution in [0.15, 0.2) is 46.9 Å². The molecule has 0 fully saturated rings. The molecule has 3 aromatic rings. The summed E-state index contributed by atoms with van der Waals surface area (Å²) in [7, 11) is 0. The fourth-order valence-electron chi connectivity index (χ4n) is 2.85. The molecule has 0 saturated heterocycles. The van der Waals surface area contributed by atoms with Crippen LogP contribution in [-0.2, 0) is 17.8 Å². The number of H-pyrrole nitrogens is 1. The molecule has 1 aliphatic rings. The molecule has 1 atom stereocenters. The number of carbonyl (C=O) groups is 1. The normalized spacial score (nSPS) is 13.5. The highest BCUT2D eigenvalue weighted by atomic mass is 79.9. The number of aliphatic hydroxyl groups is 2. The molecule has 0 saturated carbocycles. The lowest BCUT2D eigenvalue weighted by atomic mass is 10.0. The van der Waals surface area contributed by atoms with Gasteiger partial charge in [0.25, 0.3) is 0 Å². The summed E-state index contributed by atoms with van der Waals surface area (Å²) < 4.78 is 0.943. The first-order chi connectivity index (χ1) is 13.6. The van der Waals surface area contributed by atoms with Gasteiger partial charge >= 0.3 is 0 Å². The molecule has 2 aromatic carbocycles. The third-order valence-corrected chi connectivity index (χ3v) is 4.75. The number of rotatable bonds is 3. The summed E-state index contributed by atoms with van der Waals surface area (Å²) in [6.45, 7) is 5.31. The van der Waals surface area contributed by atoms with Crippen molar-refractivity contribution in [1.29, 1.82) is 0 Å². The molecule has 28 heavy (non-hydrogen) atoms. The smallest absolute Gasteiger partial charge is 0.210 e. The maximum absolute atomic E-state index is 10.5. The quantitative estimate of drug-likeness (QED) is 0.535. The number of hydrogen-bond donors (Lipinski definition) is 3. The Hall–Kier alpha value is -2.22. The SMILES string of the molecule is CC.O=CN1CCc2ccccc2C1.OC[C@@H](O)c1nc2ccc(Br)cc2[nH]1. The van der Waals surface area contributed by atoms with Crippen LogP contribution in [0.25, 0.3) is 11.0 Å². The van der Waals surface area contributed by atoms with E-state index < -0.39 is 6.10 Å². The first kappa shape index (κ1) is 22.1. The first-order valence-electron chi connectivity index (χ1n) is 9.31. The lowest BCUT2D eigenvalue weighted by Crippen LogP contribution is -2.28. The zero-order valence-electron chi connectivity index (χ0n) is 16.1. The number of nitrogens with zero attached hydrogens (tertiary/aromatic N) is 2. The number of halogens is 1. The van der Waals surface area contributed by atoms with E-state index in [1.165, 1.54) is 11.1 Å². The van der Waals surface area contributed by atoms with E-state index >= 15 is 0 Å². The van der Waals surface area contributed by atoms with E-state index in [1.807, 2.05) is 43.0 Å². The van der Waals surface area contributed by atoms with Crippen LogP contribution in [-0.4, -0.2) is 44.6 Å². The van der Waals surface area contributed by atoms with Crippen LogP contribution in [0, 0.1) is 0 Å². The van der Waals surface area contributed by atoms with Gasteiger partial charge in [-0.25, -0.2) is 4.98 Å². The number of carbonyl (C=O) groups excluding carboxylic acids is 1. The number of aliphatic hydroxyl groups excluding tert-OH is 2. The number of fused-ring (bicyclic) bond motifs is 2. The summed E-state index contributed by atoms with van der Waals surface area (Å²) in [6, 6.07) is 13.9. The molecular weight excluding hydrogens is 422 g/mol. The van der Waals surface area contributed by atoms with Crippen LogP contribution < -0.4 is 0 Å². The second kappa shape index (κ2) is 10.9. The van der Waals surface area contributed by atoms with Crippen molar-refractivity contribution in [3.8, 4) is 0 Å². The van der Waals surface area contributed by atoms with Crippen LogP contribution in [0.3, 0.4) is 0 Å². The van der Waals surface area contributed by atoms with Crippen molar-refractivity contribution >= 4 is 33.4 Å². The molecule has 1 aromatic heterocycles. The zero-order valence-corrected chi connectivity index (χ0v) is 17.7. The number of hydrogen-bond acceptors (Lipinski definition) is 4. The highest BCUT2D eigenvalue weighted by Gasteiger charge is 2.13. The highest BCUT2D eigenvalue weighted by Crippen LogP contribution is 2.20. The van der Waals surface area contributed by atoms with E-state index in [2.05, 4.69) is 44.1 Å². The molecule has 6 nitrogen and oxygen atoms in total. The summed E-state index contributed by atoms with van der Waals surface area (Å²) in [6.07, 6.45) is 0.978. The minimum Gasteiger partial charge on any atom is -0.393 e. The van der Waals surface area contributed by atoms with Gasteiger partial charge in [0.2, 0.25) is 6.41 Å². The number of nitrogens with one attached hydrogen (secondary N) is 1. The molecule has 0 radical (unpaired) electrons. The summed E-state index contributed by atoms with van der Waals surface area (Å²) in [5, 5.41) is 18.1. The molecule has 1 aliphatic heterocycles. The summed E-state index contributed by atoms with van der Waals surface area (Å²) >= 11 is 3.34. The molecule has 0 bridgehead atoms. The van der Waals surface area contributed by atoms with Crippen LogP contribution in [0.1, 0.15) is 36.9 Å². The van der Waals surface area contributed by atoms with Gasteiger partial charge in [0.1, 0.15) is 11.9 Å². The standard InChI is InChI=1S/C10H11NO.C9H9BrN2O2.C2H6/c12-8-11-6-5-9-3-1-2-4-10(9)7-11;10-5-1-2-6-7(3-5)12-9(11-6)8(14)4-13;1-2/h1-4,8H,5-7H2;1-3,8,13-14H,4H2,(H,11,12);1-2H3/t;8-;/m.1./s1. The van der Waals surface area contributed by atoms with Crippen LogP contribution in [0.4, 0.5) is 0 Å². The molecule has 150 valence electrons. The Kier molecular flexibility index (Phi) is 8.63. The number of aromatic amines is 1. The van der Waals surface area contributed by atoms with Gasteiger partial charge in [-0.3, -0.25) is 4.79 Å².